The lowest BCUT2D eigenvalue weighted by molar-refractivity contribution is 0.244. The zero-order valence-electron chi connectivity index (χ0n) is 11.6. The Balaban J connectivity index is 2.04. The molecule has 3 N–H and O–H groups in total. The van der Waals surface area contributed by atoms with Crippen molar-refractivity contribution in [2.75, 3.05) is 11.1 Å². The van der Waals surface area contributed by atoms with Gasteiger partial charge in [-0.05, 0) is 45.0 Å². The number of rotatable bonds is 5. The topological polar surface area (TPSA) is 47.3 Å². The first kappa shape index (κ1) is 13.7. The van der Waals surface area contributed by atoms with Crippen LogP contribution >= 0.6 is 11.3 Å². The van der Waals surface area contributed by atoms with Gasteiger partial charge in [0, 0.05) is 28.1 Å². The largest absolute Gasteiger partial charge is 0.489 e. The van der Waals surface area contributed by atoms with Crippen LogP contribution in [-0.4, -0.2) is 6.10 Å². The van der Waals surface area contributed by atoms with Crippen LogP contribution in [-0.2, 0) is 6.54 Å². The molecular formula is C15H20N2OS. The molecule has 102 valence electrons. The van der Waals surface area contributed by atoms with Crippen molar-refractivity contribution >= 4 is 22.7 Å². The highest BCUT2D eigenvalue weighted by molar-refractivity contribution is 7.11. The second-order valence-electron chi connectivity index (χ2n) is 4.79. The van der Waals surface area contributed by atoms with Gasteiger partial charge in [0.15, 0.2) is 0 Å². The Morgan fingerprint density at radius 3 is 2.68 bits per heavy atom. The van der Waals surface area contributed by atoms with E-state index in [4.69, 9.17) is 10.5 Å². The standard InChI is InChI=1S/C15H20N2OS/c1-10(2)18-15-8-12(5-7-14(15)16)17-9-13-6-4-11(3)19-13/h4-8,10,17H,9,16H2,1-3H3. The van der Waals surface area contributed by atoms with Crippen LogP contribution in [0.2, 0.25) is 0 Å². The van der Waals surface area contributed by atoms with Crippen LogP contribution in [0.25, 0.3) is 0 Å². The average molecular weight is 276 g/mol. The van der Waals surface area contributed by atoms with Gasteiger partial charge < -0.3 is 15.8 Å². The Labute approximate surface area is 118 Å². The molecule has 4 heteroatoms. The molecule has 0 aliphatic heterocycles. The highest BCUT2D eigenvalue weighted by Gasteiger charge is 2.05. The zero-order valence-corrected chi connectivity index (χ0v) is 12.4. The summed E-state index contributed by atoms with van der Waals surface area (Å²) in [6.07, 6.45) is 0.123. The monoisotopic (exact) mass is 276 g/mol. The van der Waals surface area contributed by atoms with Crippen LogP contribution in [0.3, 0.4) is 0 Å². The van der Waals surface area contributed by atoms with Crippen molar-refractivity contribution in [1.29, 1.82) is 0 Å². The number of hydrogen-bond acceptors (Lipinski definition) is 4. The molecule has 3 nitrogen and oxygen atoms in total. The van der Waals surface area contributed by atoms with Crippen molar-refractivity contribution in [3.63, 3.8) is 0 Å². The van der Waals surface area contributed by atoms with E-state index in [2.05, 4.69) is 24.4 Å². The van der Waals surface area contributed by atoms with Crippen molar-refractivity contribution < 1.29 is 4.74 Å². The number of ether oxygens (including phenoxy) is 1. The third-order valence-electron chi connectivity index (χ3n) is 2.64. The molecule has 0 saturated heterocycles. The Kier molecular flexibility index (Phi) is 4.32. The highest BCUT2D eigenvalue weighted by atomic mass is 32.1. The maximum absolute atomic E-state index is 5.90. The molecule has 1 aromatic heterocycles. The molecule has 0 atom stereocenters. The maximum Gasteiger partial charge on any atom is 0.144 e. The van der Waals surface area contributed by atoms with E-state index in [9.17, 15) is 0 Å². The molecule has 2 rings (SSSR count). The number of thiophene rings is 1. The normalized spacial score (nSPS) is 10.7. The Bertz CT molecular complexity index is 549. The first-order valence-electron chi connectivity index (χ1n) is 6.40. The number of nitrogens with one attached hydrogen (secondary N) is 1. The summed E-state index contributed by atoms with van der Waals surface area (Å²) < 4.78 is 5.68. The third kappa shape index (κ3) is 3.89. The van der Waals surface area contributed by atoms with Gasteiger partial charge in [-0.25, -0.2) is 0 Å². The minimum absolute atomic E-state index is 0.123. The van der Waals surface area contributed by atoms with Crippen molar-refractivity contribution in [3.05, 3.63) is 40.1 Å². The summed E-state index contributed by atoms with van der Waals surface area (Å²) in [7, 11) is 0. The molecule has 0 unspecified atom stereocenters. The lowest BCUT2D eigenvalue weighted by Crippen LogP contribution is -2.08. The third-order valence-corrected chi connectivity index (χ3v) is 3.64. The van der Waals surface area contributed by atoms with Gasteiger partial charge in [0.05, 0.1) is 11.8 Å². The summed E-state index contributed by atoms with van der Waals surface area (Å²) in [5, 5.41) is 3.39. The molecule has 19 heavy (non-hydrogen) atoms. The Morgan fingerprint density at radius 1 is 1.26 bits per heavy atom. The van der Waals surface area contributed by atoms with Crippen LogP contribution in [0.15, 0.2) is 30.3 Å². The SMILES string of the molecule is Cc1ccc(CNc2ccc(N)c(OC(C)C)c2)s1. The lowest BCUT2D eigenvalue weighted by atomic mass is 10.2. The van der Waals surface area contributed by atoms with Gasteiger partial charge in [-0.1, -0.05) is 0 Å². The van der Waals surface area contributed by atoms with Crippen molar-refractivity contribution in [3.8, 4) is 5.75 Å². The fourth-order valence-corrected chi connectivity index (χ4v) is 2.60. The number of nitrogen functional groups attached to an aromatic ring is 1. The van der Waals surface area contributed by atoms with Crippen molar-refractivity contribution in [2.24, 2.45) is 0 Å². The lowest BCUT2D eigenvalue weighted by Gasteiger charge is -2.14. The summed E-state index contributed by atoms with van der Waals surface area (Å²) in [5.41, 5.74) is 7.59. The van der Waals surface area contributed by atoms with E-state index >= 15 is 0 Å². The van der Waals surface area contributed by atoms with Crippen LogP contribution < -0.4 is 15.8 Å². The van der Waals surface area contributed by atoms with Gasteiger partial charge in [0.1, 0.15) is 5.75 Å². The molecule has 0 fully saturated rings. The minimum Gasteiger partial charge on any atom is -0.489 e. The smallest absolute Gasteiger partial charge is 0.144 e. The molecule has 2 aromatic rings. The maximum atomic E-state index is 5.90. The molecule has 1 aromatic carbocycles. The Morgan fingerprint density at radius 2 is 2.05 bits per heavy atom. The predicted octanol–water partition coefficient (Wildman–Crippen LogP) is 4.04. The van der Waals surface area contributed by atoms with Gasteiger partial charge in [-0.2, -0.15) is 0 Å². The molecule has 1 heterocycles. The predicted molar refractivity (Wildman–Crippen MR) is 83.0 cm³/mol. The van der Waals surface area contributed by atoms with Crippen LogP contribution in [0, 0.1) is 6.92 Å². The summed E-state index contributed by atoms with van der Waals surface area (Å²) in [4.78, 5) is 2.65. The van der Waals surface area contributed by atoms with Gasteiger partial charge in [-0.15, -0.1) is 11.3 Å². The van der Waals surface area contributed by atoms with E-state index in [1.165, 1.54) is 9.75 Å². The van der Waals surface area contributed by atoms with E-state index < -0.39 is 0 Å². The fourth-order valence-electron chi connectivity index (χ4n) is 1.77. The summed E-state index contributed by atoms with van der Waals surface area (Å²) >= 11 is 1.81. The molecule has 0 saturated carbocycles. The molecule has 0 radical (unpaired) electrons. The van der Waals surface area contributed by atoms with E-state index in [0.29, 0.717) is 5.69 Å². The Hall–Kier alpha value is -1.68. The minimum atomic E-state index is 0.123. The summed E-state index contributed by atoms with van der Waals surface area (Å²) in [6.45, 7) is 6.93. The zero-order chi connectivity index (χ0) is 13.8. The fraction of sp³-hybridized carbons (Fsp3) is 0.333. The number of anilines is 2. The van der Waals surface area contributed by atoms with E-state index in [0.717, 1.165) is 18.0 Å². The summed E-state index contributed by atoms with van der Waals surface area (Å²) in [6, 6.07) is 10.1. The van der Waals surface area contributed by atoms with Crippen LogP contribution in [0.1, 0.15) is 23.6 Å². The quantitative estimate of drug-likeness (QED) is 0.810. The second kappa shape index (κ2) is 5.97. The number of hydrogen-bond donors (Lipinski definition) is 2. The van der Waals surface area contributed by atoms with E-state index in [1.807, 2.05) is 32.0 Å². The first-order chi connectivity index (χ1) is 9.04. The molecule has 0 spiro atoms. The number of aryl methyl sites for hydroxylation is 1. The molecule has 0 amide bonds. The van der Waals surface area contributed by atoms with Crippen LogP contribution in [0.4, 0.5) is 11.4 Å². The second-order valence-corrected chi connectivity index (χ2v) is 6.16. The average Bonchev–Trinajstić information content (AvgIpc) is 2.75. The molecule has 0 aliphatic rings. The van der Waals surface area contributed by atoms with Gasteiger partial charge >= 0.3 is 0 Å². The first-order valence-corrected chi connectivity index (χ1v) is 7.21. The number of benzene rings is 1. The number of nitrogens with two attached hydrogens (primary N) is 1. The molecular weight excluding hydrogens is 256 g/mol. The summed E-state index contributed by atoms with van der Waals surface area (Å²) in [5.74, 6) is 0.738. The van der Waals surface area contributed by atoms with Crippen LogP contribution in [0.5, 0.6) is 5.75 Å². The molecule has 0 aliphatic carbocycles. The highest BCUT2D eigenvalue weighted by Crippen LogP contribution is 2.27. The molecule has 0 bridgehead atoms. The van der Waals surface area contributed by atoms with Crippen molar-refractivity contribution in [2.45, 2.75) is 33.4 Å². The van der Waals surface area contributed by atoms with E-state index in [1.54, 1.807) is 11.3 Å². The van der Waals surface area contributed by atoms with Crippen molar-refractivity contribution in [1.82, 2.24) is 0 Å². The van der Waals surface area contributed by atoms with Gasteiger partial charge in [0.25, 0.3) is 0 Å². The van der Waals surface area contributed by atoms with Gasteiger partial charge in [0.2, 0.25) is 0 Å². The van der Waals surface area contributed by atoms with E-state index in [-0.39, 0.29) is 6.10 Å². The van der Waals surface area contributed by atoms with Gasteiger partial charge in [-0.3, -0.25) is 0 Å².